The van der Waals surface area contributed by atoms with Crippen LogP contribution >= 0.6 is 11.6 Å². The van der Waals surface area contributed by atoms with Crippen LogP contribution in [-0.4, -0.2) is 42.3 Å². The minimum absolute atomic E-state index is 0.0962. The van der Waals surface area contributed by atoms with Crippen LogP contribution in [0, 0.1) is 5.92 Å². The van der Waals surface area contributed by atoms with Gasteiger partial charge in [-0.2, -0.15) is 0 Å². The van der Waals surface area contributed by atoms with Gasteiger partial charge in [-0.15, -0.1) is 0 Å². The largest absolute Gasteiger partial charge is 0.490 e. The molecule has 5 N–H and O–H groups in total. The lowest BCUT2D eigenvalue weighted by molar-refractivity contribution is 0.0544. The maximum atomic E-state index is 12.3. The average Bonchev–Trinajstić information content (AvgIpc) is 2.78. The molecule has 31 heavy (non-hydrogen) atoms. The molecule has 1 aliphatic carbocycles. The summed E-state index contributed by atoms with van der Waals surface area (Å²) in [5, 5.41) is 15.6. The highest BCUT2D eigenvalue weighted by Crippen LogP contribution is 2.28. The first-order chi connectivity index (χ1) is 14.9. The summed E-state index contributed by atoms with van der Waals surface area (Å²) in [7, 11) is 0. The average molecular weight is 446 g/mol. The Morgan fingerprint density at radius 1 is 0.935 bits per heavy atom. The Labute approximate surface area is 186 Å². The van der Waals surface area contributed by atoms with Crippen LogP contribution in [-0.2, 0) is 0 Å². The molecule has 7 nitrogen and oxygen atoms in total. The fraction of sp³-hybridized carbons (Fsp3) is 0.391. The second-order valence-corrected chi connectivity index (χ2v) is 8.12. The molecule has 0 bridgehead atoms. The van der Waals surface area contributed by atoms with Crippen molar-refractivity contribution in [1.82, 2.24) is 10.6 Å². The minimum atomic E-state index is -0.760. The quantitative estimate of drug-likeness (QED) is 0.368. The van der Waals surface area contributed by atoms with Crippen LogP contribution < -0.4 is 21.1 Å². The fourth-order valence-corrected chi connectivity index (χ4v) is 3.71. The van der Waals surface area contributed by atoms with Crippen molar-refractivity contribution >= 4 is 23.4 Å². The molecule has 1 aliphatic rings. The predicted molar refractivity (Wildman–Crippen MR) is 119 cm³/mol. The van der Waals surface area contributed by atoms with Gasteiger partial charge in [0.15, 0.2) is 0 Å². The Morgan fingerprint density at radius 2 is 1.42 bits per heavy atom. The van der Waals surface area contributed by atoms with Gasteiger partial charge in [-0.25, -0.2) is 0 Å². The van der Waals surface area contributed by atoms with Gasteiger partial charge in [0.2, 0.25) is 0 Å². The van der Waals surface area contributed by atoms with Crippen molar-refractivity contribution in [3.63, 3.8) is 0 Å². The van der Waals surface area contributed by atoms with Gasteiger partial charge in [0.25, 0.3) is 11.8 Å². The number of nitrogens with two attached hydrogens (primary N) is 1. The van der Waals surface area contributed by atoms with Crippen LogP contribution in [0.15, 0.2) is 48.5 Å². The zero-order valence-electron chi connectivity index (χ0n) is 17.2. The van der Waals surface area contributed by atoms with Gasteiger partial charge in [-0.3, -0.25) is 9.59 Å². The lowest BCUT2D eigenvalue weighted by atomic mass is 9.86. The zero-order valence-corrected chi connectivity index (χ0v) is 18.0. The Bertz CT molecular complexity index is 863. The van der Waals surface area contributed by atoms with Crippen LogP contribution in [0.25, 0.3) is 0 Å². The van der Waals surface area contributed by atoms with E-state index in [-0.39, 0.29) is 23.8 Å². The van der Waals surface area contributed by atoms with E-state index in [4.69, 9.17) is 22.1 Å². The number of nitrogens with one attached hydrogen (secondary N) is 2. The molecule has 8 heteroatoms. The van der Waals surface area contributed by atoms with Crippen molar-refractivity contribution < 1.29 is 19.4 Å². The number of aliphatic hydroxyl groups excluding tert-OH is 1. The van der Waals surface area contributed by atoms with Crippen molar-refractivity contribution in [3.05, 3.63) is 64.7 Å². The molecule has 1 fully saturated rings. The van der Waals surface area contributed by atoms with Gasteiger partial charge in [0.05, 0.1) is 6.10 Å². The molecule has 1 saturated carbocycles. The lowest BCUT2D eigenvalue weighted by Crippen LogP contribution is -2.35. The first-order valence-corrected chi connectivity index (χ1v) is 10.8. The molecule has 2 aromatic rings. The van der Waals surface area contributed by atoms with Gasteiger partial charge in [-0.1, -0.05) is 11.6 Å². The van der Waals surface area contributed by atoms with E-state index in [1.807, 2.05) is 0 Å². The van der Waals surface area contributed by atoms with Gasteiger partial charge in [0, 0.05) is 29.2 Å². The van der Waals surface area contributed by atoms with Gasteiger partial charge < -0.3 is 26.2 Å². The number of hydrogen-bond donors (Lipinski definition) is 4. The lowest BCUT2D eigenvalue weighted by Gasteiger charge is -2.30. The molecular formula is C23H28ClN3O4. The molecule has 0 heterocycles. The van der Waals surface area contributed by atoms with E-state index in [1.54, 1.807) is 48.5 Å². The predicted octanol–water partition coefficient (Wildman–Crippen LogP) is 2.71. The van der Waals surface area contributed by atoms with Crippen LogP contribution in [0.4, 0.5) is 0 Å². The highest BCUT2D eigenvalue weighted by atomic mass is 35.5. The summed E-state index contributed by atoms with van der Waals surface area (Å²) in [4.78, 5) is 24.3. The molecule has 0 radical (unpaired) electrons. The second kappa shape index (κ2) is 11.1. The maximum Gasteiger partial charge on any atom is 0.251 e. The molecule has 2 amide bonds. The number of hydrogen-bond acceptors (Lipinski definition) is 5. The molecule has 3 rings (SSSR count). The van der Waals surface area contributed by atoms with Crippen molar-refractivity contribution in [1.29, 1.82) is 0 Å². The number of carbonyl (C=O) groups is 2. The van der Waals surface area contributed by atoms with Gasteiger partial charge in [0.1, 0.15) is 12.0 Å². The normalized spacial score (nSPS) is 19.3. The van der Waals surface area contributed by atoms with E-state index in [0.717, 1.165) is 25.7 Å². The van der Waals surface area contributed by atoms with E-state index < -0.39 is 6.23 Å². The third-order valence-electron chi connectivity index (χ3n) is 5.42. The molecular weight excluding hydrogens is 418 g/mol. The van der Waals surface area contributed by atoms with E-state index in [2.05, 4.69) is 10.6 Å². The van der Waals surface area contributed by atoms with Crippen molar-refractivity contribution in [3.8, 4) is 5.75 Å². The van der Waals surface area contributed by atoms with E-state index >= 15 is 0 Å². The summed E-state index contributed by atoms with van der Waals surface area (Å²) in [6, 6.07) is 13.6. The topological polar surface area (TPSA) is 114 Å². The summed E-state index contributed by atoms with van der Waals surface area (Å²) in [5.41, 5.74) is 6.58. The molecule has 1 atom stereocenters. The SMILES string of the molecule is NC(O)C1CCC(Oc2ccc(C(=O)NCCNC(=O)c3ccc(Cl)cc3)cc2)CC1. The summed E-state index contributed by atoms with van der Waals surface area (Å²) in [5.74, 6) is 0.414. The first-order valence-electron chi connectivity index (χ1n) is 10.4. The molecule has 2 aromatic carbocycles. The van der Waals surface area contributed by atoms with Gasteiger partial charge in [-0.05, 0) is 80.1 Å². The Balaban J connectivity index is 1.38. The number of amides is 2. The summed E-state index contributed by atoms with van der Waals surface area (Å²) in [6.45, 7) is 0.626. The molecule has 0 spiro atoms. The van der Waals surface area contributed by atoms with Crippen molar-refractivity contribution in [2.24, 2.45) is 11.7 Å². The molecule has 0 aliphatic heterocycles. The van der Waals surface area contributed by atoms with Crippen LogP contribution in [0.3, 0.4) is 0 Å². The standard InChI is InChI=1S/C23H28ClN3O4/c24-18-7-1-16(2-8-18)22(29)26-13-14-27-23(30)17-5-11-20(12-6-17)31-19-9-3-15(4-10-19)21(25)28/h1-2,5-8,11-12,15,19,21,28H,3-4,9-10,13-14,25H2,(H,26,29)(H,27,30). The van der Waals surface area contributed by atoms with E-state index in [0.29, 0.717) is 35.0 Å². The Morgan fingerprint density at radius 3 is 1.90 bits per heavy atom. The van der Waals surface area contributed by atoms with Crippen molar-refractivity contribution in [2.45, 2.75) is 38.0 Å². The summed E-state index contributed by atoms with van der Waals surface area (Å²) >= 11 is 5.81. The van der Waals surface area contributed by atoms with Crippen molar-refractivity contribution in [2.75, 3.05) is 13.1 Å². The third-order valence-corrected chi connectivity index (χ3v) is 5.68. The van der Waals surface area contributed by atoms with E-state index in [1.165, 1.54) is 0 Å². The van der Waals surface area contributed by atoms with Crippen LogP contribution in [0.5, 0.6) is 5.75 Å². The summed E-state index contributed by atoms with van der Waals surface area (Å²) in [6.07, 6.45) is 2.73. The van der Waals surface area contributed by atoms with E-state index in [9.17, 15) is 14.7 Å². The fourth-order valence-electron chi connectivity index (χ4n) is 3.58. The third kappa shape index (κ3) is 6.95. The minimum Gasteiger partial charge on any atom is -0.490 e. The number of benzene rings is 2. The van der Waals surface area contributed by atoms with Gasteiger partial charge >= 0.3 is 0 Å². The highest BCUT2D eigenvalue weighted by molar-refractivity contribution is 6.30. The monoisotopic (exact) mass is 445 g/mol. The Kier molecular flexibility index (Phi) is 8.28. The van der Waals surface area contributed by atoms with Crippen LogP contribution in [0.2, 0.25) is 5.02 Å². The molecule has 166 valence electrons. The highest BCUT2D eigenvalue weighted by Gasteiger charge is 2.25. The Hall–Kier alpha value is -2.61. The molecule has 1 unspecified atom stereocenters. The number of aliphatic hydroxyl groups is 1. The molecule has 0 aromatic heterocycles. The first kappa shape index (κ1) is 23.1. The van der Waals surface area contributed by atoms with Crippen LogP contribution in [0.1, 0.15) is 46.4 Å². The second-order valence-electron chi connectivity index (χ2n) is 7.69. The molecule has 0 saturated heterocycles. The maximum absolute atomic E-state index is 12.3. The number of carbonyl (C=O) groups excluding carboxylic acids is 2. The number of rotatable bonds is 8. The smallest absolute Gasteiger partial charge is 0.251 e. The zero-order chi connectivity index (χ0) is 22.2. The number of ether oxygens (including phenoxy) is 1. The summed E-state index contributed by atoms with van der Waals surface area (Å²) < 4.78 is 5.98. The number of halogens is 1.